The third-order valence-corrected chi connectivity index (χ3v) is 8.88. The van der Waals surface area contributed by atoms with Crippen LogP contribution in [0.4, 0.5) is 5.69 Å². The zero-order chi connectivity index (χ0) is 21.3. The number of hydrogen-bond donors (Lipinski definition) is 0. The van der Waals surface area contributed by atoms with Crippen LogP contribution in [0.15, 0.2) is 35.9 Å². The minimum absolute atomic E-state index is 0. The summed E-state index contributed by atoms with van der Waals surface area (Å²) in [4.78, 5) is 42.1. The average Bonchev–Trinajstić information content (AvgIpc) is 3.19. The summed E-state index contributed by atoms with van der Waals surface area (Å²) in [6.07, 6.45) is 1.56. The zero-order valence-corrected chi connectivity index (χ0v) is 17.0. The van der Waals surface area contributed by atoms with Crippen molar-refractivity contribution in [2.75, 3.05) is 24.6 Å². The fraction of sp³-hybridized carbons (Fsp3) is 0.571. The predicted octanol–water partition coefficient (Wildman–Crippen LogP) is 0.127. The topological polar surface area (TPSA) is 151 Å². The van der Waals surface area contributed by atoms with Crippen LogP contribution in [-0.2, 0) is 14.9 Å². The summed E-state index contributed by atoms with van der Waals surface area (Å²) in [5, 5.41) is 25.7. The molecule has 5 heterocycles. The standard InChI is InChI=1S/C21H20N4O6.H2O/c26-15-9-14-17-16-11(5-8-31-14)10-22-7-6-20(19(22)18(16)24(27)28)12-3-1-2-4-13(12)23(15)21(17,20)25(29)30;/h1-5,14,16-19H,6-10H2;1H2/t14?,16-,17+,18?,19+,20+,21?;/m0./s1. The van der Waals surface area contributed by atoms with Gasteiger partial charge in [-0.15, -0.1) is 0 Å². The molecule has 11 nitrogen and oxygen atoms in total. The summed E-state index contributed by atoms with van der Waals surface area (Å²) in [5.74, 6) is -1.72. The summed E-state index contributed by atoms with van der Waals surface area (Å²) >= 11 is 0. The minimum Gasteiger partial charge on any atom is -0.412 e. The normalized spacial score (nSPS) is 42.5. The fourth-order valence-corrected chi connectivity index (χ4v) is 8.28. The molecular formula is C21H22N4O7. The Bertz CT molecular complexity index is 1120. The number of amides is 1. The highest BCUT2D eigenvalue weighted by molar-refractivity contribution is 6.00. The van der Waals surface area contributed by atoms with Crippen molar-refractivity contribution in [3.05, 3.63) is 61.7 Å². The van der Waals surface area contributed by atoms with E-state index in [2.05, 4.69) is 4.90 Å². The summed E-state index contributed by atoms with van der Waals surface area (Å²) in [6.45, 7) is 1.32. The summed E-state index contributed by atoms with van der Waals surface area (Å²) in [7, 11) is 0. The molecule has 11 heteroatoms. The van der Waals surface area contributed by atoms with E-state index in [0.717, 1.165) is 5.57 Å². The molecule has 1 amide bonds. The van der Waals surface area contributed by atoms with Gasteiger partial charge >= 0.3 is 5.66 Å². The number of para-hydroxylation sites is 1. The number of fused-ring (bicyclic) bond motifs is 2. The van der Waals surface area contributed by atoms with Crippen molar-refractivity contribution in [2.45, 2.75) is 42.1 Å². The van der Waals surface area contributed by atoms with Gasteiger partial charge in [0.2, 0.25) is 11.9 Å². The molecule has 6 aliphatic rings. The van der Waals surface area contributed by atoms with Crippen LogP contribution in [0, 0.1) is 32.1 Å². The van der Waals surface area contributed by atoms with Gasteiger partial charge in [0.15, 0.2) is 0 Å². The number of anilines is 1. The van der Waals surface area contributed by atoms with E-state index in [1.54, 1.807) is 12.1 Å². The van der Waals surface area contributed by atoms with Crippen LogP contribution < -0.4 is 4.90 Å². The van der Waals surface area contributed by atoms with E-state index in [1.807, 2.05) is 18.2 Å². The molecule has 32 heavy (non-hydrogen) atoms. The Kier molecular flexibility index (Phi) is 3.65. The molecule has 1 aromatic rings. The number of carbonyl (C=O) groups excluding carboxylic acids is 1. The fourth-order valence-electron chi connectivity index (χ4n) is 8.28. The van der Waals surface area contributed by atoms with Gasteiger partial charge < -0.3 is 10.2 Å². The molecule has 7 rings (SSSR count). The molecule has 0 radical (unpaired) electrons. The number of nitro groups is 2. The maximum absolute atomic E-state index is 13.5. The first-order valence-electron chi connectivity index (χ1n) is 10.7. The van der Waals surface area contributed by atoms with Gasteiger partial charge in [0.25, 0.3) is 0 Å². The smallest absolute Gasteiger partial charge is 0.320 e. The second-order valence-electron chi connectivity index (χ2n) is 9.55. The number of ether oxygens (including phenoxy) is 1. The highest BCUT2D eigenvalue weighted by Crippen LogP contribution is 2.71. The largest absolute Gasteiger partial charge is 0.412 e. The molecule has 3 saturated heterocycles. The number of nitrogens with zero attached hydrogens (tertiary/aromatic N) is 4. The predicted molar refractivity (Wildman–Crippen MR) is 109 cm³/mol. The third kappa shape index (κ3) is 1.74. The van der Waals surface area contributed by atoms with E-state index in [1.165, 1.54) is 4.90 Å². The van der Waals surface area contributed by atoms with Crippen molar-refractivity contribution in [1.29, 1.82) is 0 Å². The van der Waals surface area contributed by atoms with Crippen molar-refractivity contribution in [3.63, 3.8) is 0 Å². The van der Waals surface area contributed by atoms with Crippen LogP contribution in [0.25, 0.3) is 0 Å². The SMILES string of the molecule is O.O=C1CC2OCC=C3CN4CC[C@]56c7ccccc7N1C5([N+](=O)[O-])[C@H]2[C@H]3C([N+](=O)[O-])[C@@H]46. The van der Waals surface area contributed by atoms with Crippen LogP contribution >= 0.6 is 0 Å². The number of benzene rings is 1. The Hall–Kier alpha value is -2.89. The Morgan fingerprint density at radius 1 is 1.19 bits per heavy atom. The van der Waals surface area contributed by atoms with Gasteiger partial charge in [-0.05, 0) is 23.6 Å². The van der Waals surface area contributed by atoms with E-state index < -0.39 is 41.1 Å². The number of hydrogen-bond acceptors (Lipinski definition) is 7. The molecule has 2 bridgehead atoms. The van der Waals surface area contributed by atoms with Crippen LogP contribution in [0.2, 0.25) is 0 Å². The van der Waals surface area contributed by atoms with Crippen molar-refractivity contribution in [2.24, 2.45) is 11.8 Å². The monoisotopic (exact) mass is 442 g/mol. The van der Waals surface area contributed by atoms with E-state index >= 15 is 0 Å². The number of rotatable bonds is 2. The summed E-state index contributed by atoms with van der Waals surface area (Å²) in [5.41, 5.74) is -0.826. The van der Waals surface area contributed by atoms with Crippen molar-refractivity contribution < 1.29 is 24.9 Å². The van der Waals surface area contributed by atoms with Crippen LogP contribution in [0.5, 0.6) is 0 Å². The number of piperidine rings is 2. The summed E-state index contributed by atoms with van der Waals surface area (Å²) in [6, 6.07) is 5.58. The van der Waals surface area contributed by atoms with Crippen LogP contribution in [0.3, 0.4) is 0 Å². The lowest BCUT2D eigenvalue weighted by Gasteiger charge is -2.59. The quantitative estimate of drug-likeness (QED) is 0.359. The van der Waals surface area contributed by atoms with Gasteiger partial charge in [-0.1, -0.05) is 24.3 Å². The van der Waals surface area contributed by atoms with Gasteiger partial charge in [-0.25, -0.2) is 4.90 Å². The molecule has 5 aliphatic heterocycles. The highest BCUT2D eigenvalue weighted by Gasteiger charge is 2.89. The maximum atomic E-state index is 13.5. The van der Waals surface area contributed by atoms with E-state index in [9.17, 15) is 25.0 Å². The number of carbonyl (C=O) groups is 1. The average molecular weight is 442 g/mol. The molecule has 7 atom stereocenters. The lowest BCUT2D eigenvalue weighted by Crippen LogP contribution is -2.83. The zero-order valence-electron chi connectivity index (χ0n) is 17.0. The molecule has 2 N–H and O–H groups in total. The molecule has 1 saturated carbocycles. The van der Waals surface area contributed by atoms with Gasteiger partial charge in [-0.3, -0.25) is 29.9 Å². The van der Waals surface area contributed by atoms with E-state index in [4.69, 9.17) is 4.74 Å². The van der Waals surface area contributed by atoms with Gasteiger partial charge in [-0.2, -0.15) is 0 Å². The summed E-state index contributed by atoms with van der Waals surface area (Å²) < 4.78 is 6.03. The third-order valence-electron chi connectivity index (χ3n) is 8.88. The van der Waals surface area contributed by atoms with Crippen LogP contribution in [-0.4, -0.2) is 69.7 Å². The molecule has 3 unspecified atom stereocenters. The van der Waals surface area contributed by atoms with Crippen molar-refractivity contribution in [3.8, 4) is 0 Å². The second kappa shape index (κ2) is 5.91. The van der Waals surface area contributed by atoms with Gasteiger partial charge in [0.05, 0.1) is 47.6 Å². The first-order valence-corrected chi connectivity index (χ1v) is 10.7. The molecular weight excluding hydrogens is 420 g/mol. The van der Waals surface area contributed by atoms with Gasteiger partial charge in [0.1, 0.15) is 5.41 Å². The molecule has 1 aliphatic carbocycles. The van der Waals surface area contributed by atoms with Gasteiger partial charge in [0, 0.05) is 18.0 Å². The Balaban J connectivity index is 0.00000196. The second-order valence-corrected chi connectivity index (χ2v) is 9.55. The molecule has 4 fully saturated rings. The minimum atomic E-state index is -1.78. The van der Waals surface area contributed by atoms with Crippen LogP contribution in [0.1, 0.15) is 18.4 Å². The van der Waals surface area contributed by atoms with Crippen molar-refractivity contribution in [1.82, 2.24) is 4.90 Å². The Labute approximate surface area is 182 Å². The highest BCUT2D eigenvalue weighted by atomic mass is 16.6. The first-order chi connectivity index (χ1) is 14.9. The Morgan fingerprint density at radius 2 is 1.97 bits per heavy atom. The lowest BCUT2D eigenvalue weighted by atomic mass is 9.48. The van der Waals surface area contributed by atoms with Crippen molar-refractivity contribution >= 4 is 11.6 Å². The lowest BCUT2D eigenvalue weighted by molar-refractivity contribution is -0.623. The Morgan fingerprint density at radius 3 is 2.72 bits per heavy atom. The first kappa shape index (κ1) is 19.8. The van der Waals surface area contributed by atoms with E-state index in [-0.39, 0.29) is 34.3 Å². The maximum Gasteiger partial charge on any atom is 0.320 e. The molecule has 168 valence electrons. The van der Waals surface area contributed by atoms with E-state index in [0.29, 0.717) is 30.8 Å². The molecule has 1 spiro atoms. The molecule has 0 aromatic heterocycles. The molecule has 1 aromatic carbocycles.